The van der Waals surface area contributed by atoms with Gasteiger partial charge < -0.3 is 19.7 Å². The van der Waals surface area contributed by atoms with E-state index in [0.717, 1.165) is 26.2 Å². The van der Waals surface area contributed by atoms with Crippen molar-refractivity contribution in [3.63, 3.8) is 0 Å². The van der Waals surface area contributed by atoms with E-state index in [2.05, 4.69) is 17.0 Å². The summed E-state index contributed by atoms with van der Waals surface area (Å²) in [5.41, 5.74) is 2.46. The third-order valence-electron chi connectivity index (χ3n) is 4.59. The van der Waals surface area contributed by atoms with Crippen molar-refractivity contribution in [1.29, 1.82) is 0 Å². The maximum absolute atomic E-state index is 10.8. The van der Waals surface area contributed by atoms with Crippen LogP contribution < -0.4 is 0 Å². The first-order valence-corrected chi connectivity index (χ1v) is 10.2. The molecule has 1 aliphatic heterocycles. The molecule has 30 heavy (non-hydrogen) atoms. The molecule has 0 amide bonds. The summed E-state index contributed by atoms with van der Waals surface area (Å²) in [7, 11) is 0. The van der Waals surface area contributed by atoms with Gasteiger partial charge in [-0.1, -0.05) is 60.7 Å². The lowest BCUT2D eigenvalue weighted by Gasteiger charge is -2.24. The summed E-state index contributed by atoms with van der Waals surface area (Å²) in [5, 5.41) is 17.6. The molecule has 0 unspecified atom stereocenters. The minimum atomic E-state index is -0.556. The molecule has 1 saturated heterocycles. The van der Waals surface area contributed by atoms with Gasteiger partial charge in [-0.05, 0) is 11.1 Å². The number of carbonyl (C=O) groups is 1. The third-order valence-corrected chi connectivity index (χ3v) is 4.59. The van der Waals surface area contributed by atoms with E-state index in [1.54, 1.807) is 0 Å². The number of rotatable bonds is 8. The van der Waals surface area contributed by atoms with Gasteiger partial charge >= 0.3 is 6.16 Å². The molecule has 7 heteroatoms. The van der Waals surface area contributed by atoms with Gasteiger partial charge in [0.25, 0.3) is 0 Å². The van der Waals surface area contributed by atoms with Crippen LogP contribution >= 0.6 is 0 Å². The summed E-state index contributed by atoms with van der Waals surface area (Å²) in [4.78, 5) is 15.1. The normalized spacial score (nSPS) is 14.7. The van der Waals surface area contributed by atoms with Gasteiger partial charge in [-0.3, -0.25) is 9.80 Å². The van der Waals surface area contributed by atoms with Crippen LogP contribution in [0.15, 0.2) is 60.7 Å². The van der Waals surface area contributed by atoms with Crippen molar-refractivity contribution < 1.29 is 24.5 Å². The molecule has 0 bridgehead atoms. The van der Waals surface area contributed by atoms with Crippen LogP contribution in [0.5, 0.6) is 0 Å². The lowest BCUT2D eigenvalue weighted by molar-refractivity contribution is 0.0204. The lowest BCUT2D eigenvalue weighted by atomic mass is 10.2. The molecule has 0 aromatic heterocycles. The van der Waals surface area contributed by atoms with Crippen LogP contribution in [0.3, 0.4) is 0 Å². The Hall–Kier alpha value is -2.45. The number of benzene rings is 2. The second kappa shape index (κ2) is 14.5. The maximum Gasteiger partial charge on any atom is 0.508 e. The fourth-order valence-electron chi connectivity index (χ4n) is 3.06. The minimum Gasteiger partial charge on any atom is -0.433 e. The van der Waals surface area contributed by atoms with Crippen LogP contribution in [0.4, 0.5) is 4.79 Å². The quantitative estimate of drug-likeness (QED) is 0.638. The lowest BCUT2D eigenvalue weighted by Crippen LogP contribution is -2.34. The van der Waals surface area contributed by atoms with E-state index in [1.165, 1.54) is 11.1 Å². The molecule has 1 fully saturated rings. The number of nitrogens with zero attached hydrogens (tertiary/aromatic N) is 2. The van der Waals surface area contributed by atoms with Gasteiger partial charge in [-0.2, -0.15) is 0 Å². The maximum atomic E-state index is 10.8. The summed E-state index contributed by atoms with van der Waals surface area (Å²) in [6.07, 6.45) is -0.556. The first kappa shape index (κ1) is 23.8. The summed E-state index contributed by atoms with van der Waals surface area (Å²) in [5.74, 6) is 0. The van der Waals surface area contributed by atoms with Crippen LogP contribution in [0.2, 0.25) is 0 Å². The number of ether oxygens (including phenoxy) is 2. The molecule has 3 rings (SSSR count). The van der Waals surface area contributed by atoms with Crippen molar-refractivity contribution in [2.24, 2.45) is 0 Å². The summed E-state index contributed by atoms with van der Waals surface area (Å²) in [6.45, 7) is 5.42. The van der Waals surface area contributed by atoms with Gasteiger partial charge in [0.15, 0.2) is 0 Å². The number of aliphatic hydroxyl groups excluding tert-OH is 2. The molecule has 0 saturated carbocycles. The Bertz CT molecular complexity index is 681. The van der Waals surface area contributed by atoms with Crippen LogP contribution in [0.25, 0.3) is 0 Å². The van der Waals surface area contributed by atoms with Crippen LogP contribution in [0, 0.1) is 0 Å². The summed E-state index contributed by atoms with van der Waals surface area (Å²) < 4.78 is 9.70. The second-order valence-corrected chi connectivity index (χ2v) is 6.92. The van der Waals surface area contributed by atoms with E-state index >= 15 is 0 Å². The molecule has 2 aromatic carbocycles. The summed E-state index contributed by atoms with van der Waals surface area (Å²) >= 11 is 0. The number of cyclic esters (lactones) is 2. The largest absolute Gasteiger partial charge is 0.508 e. The molecule has 0 atom stereocenters. The van der Waals surface area contributed by atoms with Gasteiger partial charge in [0.2, 0.25) is 0 Å². The topological polar surface area (TPSA) is 82.5 Å². The first-order valence-electron chi connectivity index (χ1n) is 10.2. The third kappa shape index (κ3) is 9.84. The SMILES string of the molecule is O=C1OCCN(Cc2ccccc2)CCO1.OCCN(CCO)Cc1ccccc1. The zero-order valence-corrected chi connectivity index (χ0v) is 17.4. The Balaban J connectivity index is 0.000000216. The van der Waals surface area contributed by atoms with E-state index in [0.29, 0.717) is 26.3 Å². The van der Waals surface area contributed by atoms with Crippen molar-refractivity contribution in [2.75, 3.05) is 52.6 Å². The molecule has 2 aromatic rings. The van der Waals surface area contributed by atoms with Gasteiger partial charge in [0, 0.05) is 39.3 Å². The van der Waals surface area contributed by atoms with E-state index < -0.39 is 6.16 Å². The highest BCUT2D eigenvalue weighted by Gasteiger charge is 2.13. The standard InChI is InChI=1S/C12H15NO3.C11H17NO2/c14-12-15-8-6-13(7-9-16-12)10-11-4-2-1-3-5-11;13-8-6-12(7-9-14)10-11-4-2-1-3-5-11/h1-5H,6-10H2;1-5,13-14H,6-10H2. The molecule has 1 aliphatic rings. The Morgan fingerprint density at radius 1 is 0.800 bits per heavy atom. The molecule has 1 heterocycles. The molecular formula is C23H32N2O5. The Morgan fingerprint density at radius 2 is 1.30 bits per heavy atom. The molecule has 0 spiro atoms. The van der Waals surface area contributed by atoms with Gasteiger partial charge in [0.1, 0.15) is 13.2 Å². The van der Waals surface area contributed by atoms with Gasteiger partial charge in [-0.25, -0.2) is 4.79 Å². The van der Waals surface area contributed by atoms with Crippen molar-refractivity contribution in [3.8, 4) is 0 Å². The van der Waals surface area contributed by atoms with Crippen molar-refractivity contribution >= 4 is 6.16 Å². The molecule has 164 valence electrons. The Labute approximate surface area is 178 Å². The number of aliphatic hydroxyl groups is 2. The monoisotopic (exact) mass is 416 g/mol. The number of carbonyl (C=O) groups excluding carboxylic acids is 1. The molecule has 0 radical (unpaired) electrons. The smallest absolute Gasteiger partial charge is 0.433 e. The molecule has 7 nitrogen and oxygen atoms in total. The van der Waals surface area contributed by atoms with E-state index in [1.807, 2.05) is 53.4 Å². The van der Waals surface area contributed by atoms with E-state index in [4.69, 9.17) is 19.7 Å². The highest BCUT2D eigenvalue weighted by atomic mass is 16.7. The number of hydrogen-bond donors (Lipinski definition) is 2. The fourth-order valence-corrected chi connectivity index (χ4v) is 3.06. The fraction of sp³-hybridized carbons (Fsp3) is 0.435. The van der Waals surface area contributed by atoms with Gasteiger partial charge in [0.05, 0.1) is 13.2 Å². The van der Waals surface area contributed by atoms with Crippen LogP contribution in [-0.4, -0.2) is 78.8 Å². The van der Waals surface area contributed by atoms with E-state index in [9.17, 15) is 4.79 Å². The number of hydrogen-bond acceptors (Lipinski definition) is 7. The minimum absolute atomic E-state index is 0.132. The van der Waals surface area contributed by atoms with Crippen LogP contribution in [-0.2, 0) is 22.6 Å². The van der Waals surface area contributed by atoms with Crippen molar-refractivity contribution in [2.45, 2.75) is 13.1 Å². The molecular weight excluding hydrogens is 384 g/mol. The first-order chi connectivity index (χ1) is 14.7. The average molecular weight is 417 g/mol. The van der Waals surface area contributed by atoms with Crippen molar-refractivity contribution in [3.05, 3.63) is 71.8 Å². The predicted molar refractivity (Wildman–Crippen MR) is 115 cm³/mol. The van der Waals surface area contributed by atoms with Gasteiger partial charge in [-0.15, -0.1) is 0 Å². The van der Waals surface area contributed by atoms with Crippen LogP contribution in [0.1, 0.15) is 11.1 Å². The highest BCUT2D eigenvalue weighted by Crippen LogP contribution is 2.06. The van der Waals surface area contributed by atoms with Crippen molar-refractivity contribution in [1.82, 2.24) is 9.80 Å². The predicted octanol–water partition coefficient (Wildman–Crippen LogP) is 2.13. The Kier molecular flexibility index (Phi) is 11.5. The highest BCUT2D eigenvalue weighted by molar-refractivity contribution is 5.59. The zero-order chi connectivity index (χ0) is 21.4. The molecule has 0 aliphatic carbocycles. The second-order valence-electron chi connectivity index (χ2n) is 6.92. The zero-order valence-electron chi connectivity index (χ0n) is 17.4. The molecule has 2 N–H and O–H groups in total. The van der Waals surface area contributed by atoms with E-state index in [-0.39, 0.29) is 13.2 Å². The Morgan fingerprint density at radius 3 is 1.80 bits per heavy atom. The average Bonchev–Trinajstić information content (AvgIpc) is 2.74. The summed E-state index contributed by atoms with van der Waals surface area (Å²) in [6, 6.07) is 20.3.